The minimum Gasteiger partial charge on any atom is -0.300 e. The van der Waals surface area contributed by atoms with Gasteiger partial charge in [-0.25, -0.2) is 4.68 Å². The van der Waals surface area contributed by atoms with E-state index in [-0.39, 0.29) is 0 Å². The van der Waals surface area contributed by atoms with Crippen LogP contribution in [0.25, 0.3) is 11.4 Å². The Morgan fingerprint density at radius 1 is 1.19 bits per heavy atom. The number of nitrogens with zero attached hydrogens (tertiary/aromatic N) is 5. The fourth-order valence-corrected chi connectivity index (χ4v) is 3.46. The molecular formula is C21H23N5S. The number of hydrogen-bond acceptors (Lipinski definition) is 4. The largest absolute Gasteiger partial charge is 0.300 e. The van der Waals surface area contributed by atoms with Crippen LogP contribution in [0, 0.1) is 23.0 Å². The van der Waals surface area contributed by atoms with Crippen LogP contribution in [0.15, 0.2) is 48.5 Å². The van der Waals surface area contributed by atoms with Gasteiger partial charge in [-0.1, -0.05) is 35.9 Å². The zero-order valence-corrected chi connectivity index (χ0v) is 16.7. The minimum absolute atomic E-state index is 0.585. The summed E-state index contributed by atoms with van der Waals surface area (Å²) in [6.45, 7) is 6.24. The van der Waals surface area contributed by atoms with E-state index in [0.717, 1.165) is 30.0 Å². The van der Waals surface area contributed by atoms with Crippen molar-refractivity contribution in [2.75, 3.05) is 7.05 Å². The lowest BCUT2D eigenvalue weighted by atomic mass is 10.1. The number of rotatable bonds is 6. The Labute approximate surface area is 165 Å². The number of aromatic nitrogens is 3. The van der Waals surface area contributed by atoms with Gasteiger partial charge in [-0.05, 0) is 56.9 Å². The van der Waals surface area contributed by atoms with Gasteiger partial charge in [0.05, 0.1) is 18.3 Å². The van der Waals surface area contributed by atoms with Gasteiger partial charge in [-0.15, -0.1) is 0 Å². The van der Waals surface area contributed by atoms with Crippen LogP contribution in [0.3, 0.4) is 0 Å². The normalized spacial score (nSPS) is 10.9. The fourth-order valence-electron chi connectivity index (χ4n) is 3.15. The van der Waals surface area contributed by atoms with Gasteiger partial charge in [0.1, 0.15) is 0 Å². The van der Waals surface area contributed by atoms with Crippen molar-refractivity contribution in [3.8, 4) is 17.5 Å². The molecule has 0 N–H and O–H groups in total. The summed E-state index contributed by atoms with van der Waals surface area (Å²) >= 11 is 5.66. The molecule has 1 aromatic heterocycles. The molecule has 0 aliphatic rings. The van der Waals surface area contributed by atoms with Gasteiger partial charge in [0.15, 0.2) is 10.6 Å². The van der Waals surface area contributed by atoms with E-state index in [1.165, 1.54) is 5.56 Å². The van der Waals surface area contributed by atoms with Gasteiger partial charge in [0.25, 0.3) is 0 Å². The van der Waals surface area contributed by atoms with E-state index in [4.69, 9.17) is 22.6 Å². The molecule has 0 radical (unpaired) electrons. The standard InChI is InChI=1S/C21H23N5S/c1-4-25-20(19-10-5-7-16(2)11-19)23-26(21(25)27)15-24(3)14-18-9-6-8-17(12-18)13-22/h5-12H,4,14-15H2,1-3H3. The highest BCUT2D eigenvalue weighted by Gasteiger charge is 2.13. The predicted molar refractivity (Wildman–Crippen MR) is 110 cm³/mol. The molecule has 3 aromatic rings. The second kappa shape index (κ2) is 8.30. The summed E-state index contributed by atoms with van der Waals surface area (Å²) in [5, 5.41) is 13.9. The van der Waals surface area contributed by atoms with Crippen molar-refractivity contribution < 1.29 is 0 Å². The summed E-state index contributed by atoms with van der Waals surface area (Å²) < 4.78 is 4.64. The second-order valence-corrected chi connectivity index (χ2v) is 7.05. The average molecular weight is 378 g/mol. The second-order valence-electron chi connectivity index (χ2n) is 6.69. The molecule has 0 bridgehead atoms. The molecule has 27 heavy (non-hydrogen) atoms. The van der Waals surface area contributed by atoms with E-state index in [1.54, 1.807) is 0 Å². The number of aryl methyl sites for hydroxylation is 1. The molecule has 3 rings (SSSR count). The van der Waals surface area contributed by atoms with Gasteiger partial charge in [-0.2, -0.15) is 10.4 Å². The van der Waals surface area contributed by atoms with Crippen molar-refractivity contribution in [3.05, 3.63) is 70.0 Å². The topological polar surface area (TPSA) is 49.8 Å². The summed E-state index contributed by atoms with van der Waals surface area (Å²) in [5.74, 6) is 0.895. The van der Waals surface area contributed by atoms with Crippen molar-refractivity contribution in [1.82, 2.24) is 19.2 Å². The van der Waals surface area contributed by atoms with Crippen molar-refractivity contribution in [2.45, 2.75) is 33.6 Å². The highest BCUT2D eigenvalue weighted by Crippen LogP contribution is 2.20. The Morgan fingerprint density at radius 3 is 2.67 bits per heavy atom. The zero-order chi connectivity index (χ0) is 19.4. The molecule has 2 aromatic carbocycles. The third-order valence-electron chi connectivity index (χ3n) is 4.40. The minimum atomic E-state index is 0.585. The van der Waals surface area contributed by atoms with Gasteiger partial charge >= 0.3 is 0 Å². The third-order valence-corrected chi connectivity index (χ3v) is 4.83. The van der Waals surface area contributed by atoms with E-state index in [2.05, 4.69) is 47.6 Å². The number of hydrogen-bond donors (Lipinski definition) is 0. The molecule has 5 nitrogen and oxygen atoms in total. The lowest BCUT2D eigenvalue weighted by Gasteiger charge is -2.16. The Balaban J connectivity index is 1.84. The van der Waals surface area contributed by atoms with Crippen LogP contribution < -0.4 is 0 Å². The van der Waals surface area contributed by atoms with E-state index in [9.17, 15) is 0 Å². The lowest BCUT2D eigenvalue weighted by molar-refractivity contribution is 0.244. The third kappa shape index (κ3) is 4.33. The molecule has 0 fully saturated rings. The van der Waals surface area contributed by atoms with E-state index < -0.39 is 0 Å². The fraction of sp³-hybridized carbons (Fsp3) is 0.286. The van der Waals surface area contributed by atoms with E-state index >= 15 is 0 Å². The lowest BCUT2D eigenvalue weighted by Crippen LogP contribution is -2.22. The molecule has 0 aliphatic carbocycles. The summed E-state index contributed by atoms with van der Waals surface area (Å²) in [4.78, 5) is 2.14. The molecule has 0 spiro atoms. The highest BCUT2D eigenvalue weighted by atomic mass is 32.1. The Morgan fingerprint density at radius 2 is 1.96 bits per heavy atom. The van der Waals surface area contributed by atoms with Gasteiger partial charge in [-0.3, -0.25) is 4.90 Å². The molecule has 1 heterocycles. The maximum absolute atomic E-state index is 9.06. The molecule has 0 amide bonds. The van der Waals surface area contributed by atoms with Crippen LogP contribution >= 0.6 is 12.2 Å². The quantitative estimate of drug-likeness (QED) is 0.599. The maximum atomic E-state index is 9.06. The summed E-state index contributed by atoms with van der Waals surface area (Å²) in [5.41, 5.74) is 4.04. The molecule has 0 unspecified atom stereocenters. The molecule has 0 saturated carbocycles. The van der Waals surface area contributed by atoms with Crippen LogP contribution in [0.2, 0.25) is 0 Å². The zero-order valence-electron chi connectivity index (χ0n) is 15.9. The number of benzene rings is 2. The Hall–Kier alpha value is -2.75. The first-order valence-corrected chi connectivity index (χ1v) is 9.35. The number of nitriles is 1. The monoisotopic (exact) mass is 377 g/mol. The molecule has 0 atom stereocenters. The van der Waals surface area contributed by atoms with Crippen LogP contribution in [0.1, 0.15) is 23.6 Å². The van der Waals surface area contributed by atoms with Crippen LogP contribution in [-0.2, 0) is 19.8 Å². The molecule has 138 valence electrons. The first kappa shape index (κ1) is 19.0. The maximum Gasteiger partial charge on any atom is 0.199 e. The van der Waals surface area contributed by atoms with Crippen molar-refractivity contribution >= 4 is 12.2 Å². The summed E-state index contributed by atoms with van der Waals surface area (Å²) in [6.07, 6.45) is 0. The van der Waals surface area contributed by atoms with E-state index in [0.29, 0.717) is 17.0 Å². The van der Waals surface area contributed by atoms with Crippen molar-refractivity contribution in [2.24, 2.45) is 0 Å². The first-order chi connectivity index (χ1) is 13.0. The molecular weight excluding hydrogens is 354 g/mol. The molecule has 0 saturated heterocycles. The summed E-state index contributed by atoms with van der Waals surface area (Å²) in [6, 6.07) is 18.2. The molecule has 0 aliphatic heterocycles. The van der Waals surface area contributed by atoms with Crippen LogP contribution in [0.4, 0.5) is 0 Å². The van der Waals surface area contributed by atoms with Gasteiger partial charge in [0, 0.05) is 18.7 Å². The Kier molecular flexibility index (Phi) is 5.84. The average Bonchev–Trinajstić information content (AvgIpc) is 2.97. The van der Waals surface area contributed by atoms with Crippen LogP contribution in [0.5, 0.6) is 0 Å². The Bertz CT molecular complexity index is 1040. The SMILES string of the molecule is CCn1c(-c2cccc(C)c2)nn(CN(C)Cc2cccc(C#N)c2)c1=S. The van der Waals surface area contributed by atoms with Gasteiger partial charge in [0.2, 0.25) is 0 Å². The van der Waals surface area contributed by atoms with Crippen molar-refractivity contribution in [1.29, 1.82) is 5.26 Å². The predicted octanol–water partition coefficient (Wildman–Crippen LogP) is 4.37. The van der Waals surface area contributed by atoms with Crippen molar-refractivity contribution in [3.63, 3.8) is 0 Å². The van der Waals surface area contributed by atoms with Gasteiger partial charge < -0.3 is 4.57 Å². The smallest absolute Gasteiger partial charge is 0.199 e. The van der Waals surface area contributed by atoms with E-state index in [1.807, 2.05) is 42.1 Å². The van der Waals surface area contributed by atoms with Crippen LogP contribution in [-0.4, -0.2) is 26.3 Å². The first-order valence-electron chi connectivity index (χ1n) is 8.94. The highest BCUT2D eigenvalue weighted by molar-refractivity contribution is 7.71. The molecule has 6 heteroatoms. The summed E-state index contributed by atoms with van der Waals surface area (Å²) in [7, 11) is 2.03.